The van der Waals surface area contributed by atoms with Gasteiger partial charge < -0.3 is 14.6 Å². The van der Waals surface area contributed by atoms with Crippen molar-refractivity contribution in [3.63, 3.8) is 0 Å². The molecule has 2 rings (SSSR count). The van der Waals surface area contributed by atoms with Crippen LogP contribution in [0.2, 0.25) is 0 Å². The van der Waals surface area contributed by atoms with E-state index in [4.69, 9.17) is 14.6 Å². The molecule has 5 nitrogen and oxygen atoms in total. The Balaban J connectivity index is 2.13. The molecule has 0 aliphatic heterocycles. The zero-order valence-electron chi connectivity index (χ0n) is 12.0. The summed E-state index contributed by atoms with van der Waals surface area (Å²) in [6, 6.07) is 5.68. The largest absolute Gasteiger partial charge is 0.493 e. The molecule has 1 aromatic carbocycles. The van der Waals surface area contributed by atoms with Crippen LogP contribution in [-0.4, -0.2) is 43.3 Å². The molecular formula is C15H21NO4. The number of benzene rings is 1. The smallest absolute Gasteiger partial charge is 0.317 e. The second-order valence-electron chi connectivity index (χ2n) is 5.16. The second kappa shape index (κ2) is 6.61. The van der Waals surface area contributed by atoms with E-state index in [9.17, 15) is 4.79 Å². The van der Waals surface area contributed by atoms with Crippen LogP contribution in [0, 0.1) is 5.92 Å². The van der Waals surface area contributed by atoms with Crippen LogP contribution in [0.25, 0.3) is 0 Å². The SMILES string of the molecule is COc1cccc(CN(CC(=O)O)CC2CC2)c1OC. The number of hydrogen-bond donors (Lipinski definition) is 1. The summed E-state index contributed by atoms with van der Waals surface area (Å²) in [6.45, 7) is 1.44. The highest BCUT2D eigenvalue weighted by molar-refractivity contribution is 5.69. The van der Waals surface area contributed by atoms with Crippen molar-refractivity contribution in [2.24, 2.45) is 5.92 Å². The van der Waals surface area contributed by atoms with Crippen molar-refractivity contribution in [2.45, 2.75) is 19.4 Å². The Morgan fingerprint density at radius 1 is 1.35 bits per heavy atom. The van der Waals surface area contributed by atoms with Gasteiger partial charge in [0.25, 0.3) is 0 Å². The fourth-order valence-corrected chi connectivity index (χ4v) is 2.36. The topological polar surface area (TPSA) is 59.0 Å². The van der Waals surface area contributed by atoms with Crippen molar-refractivity contribution in [3.05, 3.63) is 23.8 Å². The number of carboxylic acids is 1. The zero-order valence-corrected chi connectivity index (χ0v) is 12.0. The number of hydrogen-bond acceptors (Lipinski definition) is 4. The Morgan fingerprint density at radius 3 is 2.65 bits per heavy atom. The molecule has 1 fully saturated rings. The number of nitrogens with zero attached hydrogens (tertiary/aromatic N) is 1. The predicted molar refractivity (Wildman–Crippen MR) is 75.2 cm³/mol. The Kier molecular flexibility index (Phi) is 4.84. The predicted octanol–water partition coefficient (Wildman–Crippen LogP) is 2.00. The minimum absolute atomic E-state index is 0.0524. The molecule has 5 heteroatoms. The third-order valence-corrected chi connectivity index (χ3v) is 3.45. The number of methoxy groups -OCH3 is 2. The van der Waals surface area contributed by atoms with Gasteiger partial charge in [-0.2, -0.15) is 0 Å². The maximum atomic E-state index is 11.0. The molecular weight excluding hydrogens is 258 g/mol. The minimum Gasteiger partial charge on any atom is -0.493 e. The fourth-order valence-electron chi connectivity index (χ4n) is 2.36. The number of carbonyl (C=O) groups is 1. The van der Waals surface area contributed by atoms with Gasteiger partial charge in [-0.25, -0.2) is 0 Å². The molecule has 0 unspecified atom stereocenters. The summed E-state index contributed by atoms with van der Waals surface area (Å²) in [4.78, 5) is 12.9. The first-order valence-electron chi connectivity index (χ1n) is 6.78. The summed E-state index contributed by atoms with van der Waals surface area (Å²) >= 11 is 0. The Bertz CT molecular complexity index is 471. The number of rotatable bonds is 8. The van der Waals surface area contributed by atoms with Crippen LogP contribution in [0.5, 0.6) is 11.5 Å². The Hall–Kier alpha value is -1.75. The van der Waals surface area contributed by atoms with E-state index in [-0.39, 0.29) is 6.54 Å². The highest BCUT2D eigenvalue weighted by Crippen LogP contribution is 2.33. The van der Waals surface area contributed by atoms with Crippen molar-refractivity contribution in [1.29, 1.82) is 0 Å². The van der Waals surface area contributed by atoms with Crippen molar-refractivity contribution in [3.8, 4) is 11.5 Å². The molecule has 0 bridgehead atoms. The van der Waals surface area contributed by atoms with Gasteiger partial charge in [0, 0.05) is 18.7 Å². The number of para-hydroxylation sites is 1. The molecule has 1 aliphatic carbocycles. The first-order chi connectivity index (χ1) is 9.63. The lowest BCUT2D eigenvalue weighted by atomic mass is 10.1. The van der Waals surface area contributed by atoms with Crippen molar-refractivity contribution >= 4 is 5.97 Å². The van der Waals surface area contributed by atoms with Gasteiger partial charge in [0.1, 0.15) is 0 Å². The zero-order chi connectivity index (χ0) is 14.5. The maximum absolute atomic E-state index is 11.0. The number of carboxylic acid groups (broad SMARTS) is 1. The van der Waals surface area contributed by atoms with Gasteiger partial charge in [0.05, 0.1) is 20.8 Å². The van der Waals surface area contributed by atoms with E-state index in [1.165, 1.54) is 12.8 Å². The van der Waals surface area contributed by atoms with Crippen LogP contribution in [0.1, 0.15) is 18.4 Å². The van der Waals surface area contributed by atoms with Gasteiger partial charge >= 0.3 is 5.97 Å². The van der Waals surface area contributed by atoms with Gasteiger partial charge in [-0.05, 0) is 24.8 Å². The summed E-state index contributed by atoms with van der Waals surface area (Å²) in [5, 5.41) is 9.02. The van der Waals surface area contributed by atoms with Crippen LogP contribution in [0.4, 0.5) is 0 Å². The molecule has 0 amide bonds. The van der Waals surface area contributed by atoms with Crippen LogP contribution < -0.4 is 9.47 Å². The molecule has 0 radical (unpaired) electrons. The first kappa shape index (κ1) is 14.7. The van der Waals surface area contributed by atoms with Crippen LogP contribution in [0.15, 0.2) is 18.2 Å². The molecule has 0 saturated heterocycles. The molecule has 1 aromatic rings. The van der Waals surface area contributed by atoms with Gasteiger partial charge in [0.15, 0.2) is 11.5 Å². The molecule has 0 spiro atoms. The minimum atomic E-state index is -0.799. The van der Waals surface area contributed by atoms with Crippen LogP contribution in [0.3, 0.4) is 0 Å². The maximum Gasteiger partial charge on any atom is 0.317 e. The highest BCUT2D eigenvalue weighted by atomic mass is 16.5. The molecule has 0 aromatic heterocycles. The van der Waals surface area contributed by atoms with Crippen molar-refractivity contribution in [2.75, 3.05) is 27.3 Å². The average molecular weight is 279 g/mol. The van der Waals surface area contributed by atoms with Crippen LogP contribution >= 0.6 is 0 Å². The molecule has 20 heavy (non-hydrogen) atoms. The van der Waals surface area contributed by atoms with Crippen LogP contribution in [-0.2, 0) is 11.3 Å². The Labute approximate surface area is 119 Å². The van der Waals surface area contributed by atoms with Crippen molar-refractivity contribution in [1.82, 2.24) is 4.90 Å². The Morgan fingerprint density at radius 2 is 2.10 bits per heavy atom. The number of ether oxygens (including phenoxy) is 2. The molecule has 0 atom stereocenters. The van der Waals surface area contributed by atoms with E-state index in [1.807, 2.05) is 23.1 Å². The van der Waals surface area contributed by atoms with E-state index in [0.29, 0.717) is 24.0 Å². The quantitative estimate of drug-likeness (QED) is 0.788. The van der Waals surface area contributed by atoms with E-state index in [2.05, 4.69) is 0 Å². The van der Waals surface area contributed by atoms with Crippen molar-refractivity contribution < 1.29 is 19.4 Å². The van der Waals surface area contributed by atoms with Gasteiger partial charge in [-0.1, -0.05) is 12.1 Å². The average Bonchev–Trinajstić information content (AvgIpc) is 3.21. The van der Waals surface area contributed by atoms with E-state index in [0.717, 1.165) is 12.1 Å². The monoisotopic (exact) mass is 279 g/mol. The second-order valence-corrected chi connectivity index (χ2v) is 5.16. The summed E-state index contributed by atoms with van der Waals surface area (Å²) < 4.78 is 10.7. The highest BCUT2D eigenvalue weighted by Gasteiger charge is 2.26. The van der Waals surface area contributed by atoms with E-state index < -0.39 is 5.97 Å². The third-order valence-electron chi connectivity index (χ3n) is 3.45. The standard InChI is InChI=1S/C15H21NO4/c1-19-13-5-3-4-12(15(13)20-2)9-16(10-14(17)18)8-11-6-7-11/h3-5,11H,6-10H2,1-2H3,(H,17,18). The summed E-state index contributed by atoms with van der Waals surface area (Å²) in [5.74, 6) is 1.20. The lowest BCUT2D eigenvalue weighted by molar-refractivity contribution is -0.138. The molecule has 110 valence electrons. The molecule has 1 aliphatic rings. The van der Waals surface area contributed by atoms with E-state index in [1.54, 1.807) is 14.2 Å². The van der Waals surface area contributed by atoms with E-state index >= 15 is 0 Å². The fraction of sp³-hybridized carbons (Fsp3) is 0.533. The third kappa shape index (κ3) is 3.87. The van der Waals surface area contributed by atoms with Gasteiger partial charge in [-0.15, -0.1) is 0 Å². The summed E-state index contributed by atoms with van der Waals surface area (Å²) in [6.07, 6.45) is 2.40. The lowest BCUT2D eigenvalue weighted by Gasteiger charge is -2.22. The summed E-state index contributed by atoms with van der Waals surface area (Å²) in [5.41, 5.74) is 0.953. The first-order valence-corrected chi connectivity index (χ1v) is 6.78. The lowest BCUT2D eigenvalue weighted by Crippen LogP contribution is -2.31. The molecule has 1 saturated carbocycles. The molecule has 0 heterocycles. The molecule has 1 N–H and O–H groups in total. The number of aliphatic carboxylic acids is 1. The van der Waals surface area contributed by atoms with Gasteiger partial charge in [0.2, 0.25) is 0 Å². The summed E-state index contributed by atoms with van der Waals surface area (Å²) in [7, 11) is 3.20. The van der Waals surface area contributed by atoms with Gasteiger partial charge in [-0.3, -0.25) is 9.69 Å². The normalized spacial score (nSPS) is 14.3.